The van der Waals surface area contributed by atoms with Crippen LogP contribution in [0.2, 0.25) is 0 Å². The second kappa shape index (κ2) is 12.7. The Morgan fingerprint density at radius 2 is 1.81 bits per heavy atom. The van der Waals surface area contributed by atoms with E-state index in [4.69, 9.17) is 4.74 Å². The third-order valence-corrected chi connectivity index (χ3v) is 5.44. The average molecular weight is 448 g/mol. The van der Waals surface area contributed by atoms with E-state index in [0.717, 1.165) is 11.1 Å². The molecular formula is C24H29N2NaO5. The molecule has 0 saturated heterocycles. The Morgan fingerprint density at radius 3 is 2.50 bits per heavy atom. The molecule has 2 unspecified atom stereocenters. The molecule has 2 atom stereocenters. The van der Waals surface area contributed by atoms with Gasteiger partial charge in [0.1, 0.15) is 12.1 Å². The number of aliphatic carboxylic acids is 1. The molecule has 8 heteroatoms. The van der Waals surface area contributed by atoms with Crippen molar-refractivity contribution in [2.45, 2.75) is 44.7 Å². The summed E-state index contributed by atoms with van der Waals surface area (Å²) in [4.78, 5) is 38.6. The molecule has 0 bridgehead atoms. The summed E-state index contributed by atoms with van der Waals surface area (Å²) in [5.74, 6) is -1.83. The van der Waals surface area contributed by atoms with Crippen LogP contribution in [0.1, 0.15) is 30.9 Å². The van der Waals surface area contributed by atoms with Crippen molar-refractivity contribution in [3.8, 4) is 0 Å². The molecule has 0 saturated carbocycles. The molecular weight excluding hydrogens is 419 g/mol. The molecule has 0 aromatic heterocycles. The number of hydrogen-bond donors (Lipinski definition) is 2. The summed E-state index contributed by atoms with van der Waals surface area (Å²) in [6.45, 7) is 1.83. The van der Waals surface area contributed by atoms with Crippen molar-refractivity contribution in [2.75, 3.05) is 18.1 Å². The van der Waals surface area contributed by atoms with Gasteiger partial charge in [0.05, 0.1) is 13.2 Å². The van der Waals surface area contributed by atoms with Gasteiger partial charge >= 0.3 is 41.5 Å². The number of rotatable bonds is 9. The number of nitrogens with zero attached hydrogens (tertiary/aromatic N) is 1. The minimum atomic E-state index is -1.03. The van der Waals surface area contributed by atoms with Crippen molar-refractivity contribution in [3.63, 3.8) is 0 Å². The van der Waals surface area contributed by atoms with Crippen molar-refractivity contribution in [1.29, 1.82) is 0 Å². The zero-order valence-corrected chi connectivity index (χ0v) is 17.6. The van der Waals surface area contributed by atoms with Crippen molar-refractivity contribution < 1.29 is 24.2 Å². The molecule has 2 N–H and O–H groups in total. The summed E-state index contributed by atoms with van der Waals surface area (Å²) >= 11 is 0. The number of ether oxygens (including phenoxy) is 1. The van der Waals surface area contributed by atoms with Gasteiger partial charge in [0.25, 0.3) is 0 Å². The molecule has 32 heavy (non-hydrogen) atoms. The minimum absolute atomic E-state index is 0. The number of aryl methyl sites for hydroxylation is 2. The third kappa shape index (κ3) is 6.65. The van der Waals surface area contributed by atoms with Crippen molar-refractivity contribution in [2.24, 2.45) is 0 Å². The summed E-state index contributed by atoms with van der Waals surface area (Å²) in [5.41, 5.74) is 2.64. The van der Waals surface area contributed by atoms with Gasteiger partial charge in [0.15, 0.2) is 0 Å². The molecule has 166 valence electrons. The summed E-state index contributed by atoms with van der Waals surface area (Å²) in [6, 6.07) is 15.5. The van der Waals surface area contributed by atoms with Gasteiger partial charge < -0.3 is 9.84 Å². The van der Waals surface area contributed by atoms with Crippen LogP contribution >= 0.6 is 0 Å². The van der Waals surface area contributed by atoms with Gasteiger partial charge in [-0.2, -0.15) is 0 Å². The topological polar surface area (TPSA) is 95.9 Å². The fourth-order valence-electron chi connectivity index (χ4n) is 3.89. The second-order valence-corrected chi connectivity index (χ2v) is 7.49. The van der Waals surface area contributed by atoms with Crippen LogP contribution in [0, 0.1) is 0 Å². The van der Waals surface area contributed by atoms with E-state index in [9.17, 15) is 19.5 Å². The summed E-state index contributed by atoms with van der Waals surface area (Å²) < 4.78 is 5.17. The number of fused-ring (bicyclic) bond motifs is 1. The van der Waals surface area contributed by atoms with E-state index in [-0.39, 0.29) is 48.6 Å². The molecule has 1 amide bonds. The second-order valence-electron chi connectivity index (χ2n) is 7.49. The van der Waals surface area contributed by atoms with Crippen LogP contribution in [0.25, 0.3) is 0 Å². The van der Waals surface area contributed by atoms with Gasteiger partial charge in [-0.3, -0.25) is 19.8 Å². The fourth-order valence-corrected chi connectivity index (χ4v) is 3.89. The molecule has 2 aromatic rings. The average Bonchev–Trinajstić information content (AvgIpc) is 2.78. The van der Waals surface area contributed by atoms with Gasteiger partial charge in [0.2, 0.25) is 5.91 Å². The van der Waals surface area contributed by atoms with Crippen LogP contribution in [0.3, 0.4) is 0 Å². The van der Waals surface area contributed by atoms with E-state index < -0.39 is 24.0 Å². The van der Waals surface area contributed by atoms with Crippen molar-refractivity contribution >= 4 is 53.1 Å². The Morgan fingerprint density at radius 1 is 1.12 bits per heavy atom. The number of esters is 1. The maximum absolute atomic E-state index is 13.1. The monoisotopic (exact) mass is 448 g/mol. The number of carbonyl (C=O) groups excluding carboxylic acids is 2. The molecule has 0 spiro atoms. The first-order valence-corrected chi connectivity index (χ1v) is 10.6. The number of carboxylic acid groups (broad SMARTS) is 1. The van der Waals surface area contributed by atoms with E-state index in [1.165, 1.54) is 4.90 Å². The quantitative estimate of drug-likeness (QED) is 0.450. The Kier molecular flexibility index (Phi) is 10.4. The standard InChI is InChI=1S/C24H28N2O5.Na.H/c1-2-31-24(30)19(14-12-17-8-4-3-5-9-17)25-16-22(27)26-20-11-7-6-10-18(20)13-15-21(26)23(28)29;;/h3-11,19,21,25H,2,12-16H2,1H3,(H,28,29);;. The van der Waals surface area contributed by atoms with Gasteiger partial charge in [0, 0.05) is 5.69 Å². The SMILES string of the molecule is CCOC(=O)C(CCc1ccccc1)NCC(=O)N1c2ccccc2CCC1C(=O)O.[NaH]. The van der Waals surface area contributed by atoms with E-state index in [1.807, 2.05) is 42.5 Å². The Bertz CT molecular complexity index is 922. The molecule has 1 aliphatic heterocycles. The number of carbonyl (C=O) groups is 3. The Labute approximate surface area is 210 Å². The number of nitrogens with one attached hydrogen (secondary N) is 1. The predicted molar refractivity (Wildman–Crippen MR) is 124 cm³/mol. The normalized spacial score (nSPS) is 15.8. The molecule has 0 aliphatic carbocycles. The molecule has 3 rings (SSSR count). The van der Waals surface area contributed by atoms with Crippen LogP contribution in [-0.2, 0) is 32.0 Å². The van der Waals surface area contributed by atoms with Gasteiger partial charge in [-0.05, 0) is 49.8 Å². The zero-order chi connectivity index (χ0) is 22.2. The van der Waals surface area contributed by atoms with E-state index >= 15 is 0 Å². The van der Waals surface area contributed by atoms with E-state index in [1.54, 1.807) is 19.1 Å². The first-order valence-electron chi connectivity index (χ1n) is 10.6. The van der Waals surface area contributed by atoms with Crippen LogP contribution < -0.4 is 10.2 Å². The van der Waals surface area contributed by atoms with Gasteiger partial charge in [-0.25, -0.2) is 4.79 Å². The summed E-state index contributed by atoms with van der Waals surface area (Å²) in [6.07, 6.45) is 2.07. The fraction of sp³-hybridized carbons (Fsp3) is 0.375. The number of benzene rings is 2. The Balaban J connectivity index is 0.00000363. The molecule has 0 radical (unpaired) electrons. The molecule has 1 heterocycles. The summed E-state index contributed by atoms with van der Waals surface area (Å²) in [7, 11) is 0. The first kappa shape index (κ1) is 26.1. The summed E-state index contributed by atoms with van der Waals surface area (Å²) in [5, 5.41) is 12.6. The zero-order valence-electron chi connectivity index (χ0n) is 17.6. The number of para-hydroxylation sites is 1. The molecule has 2 aromatic carbocycles. The third-order valence-electron chi connectivity index (χ3n) is 5.44. The Hall–Kier alpha value is -2.19. The molecule has 7 nitrogen and oxygen atoms in total. The first-order chi connectivity index (χ1) is 15.0. The predicted octanol–water partition coefficient (Wildman–Crippen LogP) is 1.92. The van der Waals surface area contributed by atoms with E-state index in [0.29, 0.717) is 31.4 Å². The number of carboxylic acids is 1. The van der Waals surface area contributed by atoms with Crippen LogP contribution in [0.4, 0.5) is 5.69 Å². The molecule has 1 aliphatic rings. The van der Waals surface area contributed by atoms with Crippen molar-refractivity contribution in [1.82, 2.24) is 5.32 Å². The van der Waals surface area contributed by atoms with Gasteiger partial charge in [-0.1, -0.05) is 48.5 Å². The number of amides is 1. The number of anilines is 1. The van der Waals surface area contributed by atoms with Crippen LogP contribution in [-0.4, -0.2) is 77.7 Å². The number of hydrogen-bond acceptors (Lipinski definition) is 5. The van der Waals surface area contributed by atoms with Gasteiger partial charge in [-0.15, -0.1) is 0 Å². The molecule has 0 fully saturated rings. The van der Waals surface area contributed by atoms with Crippen LogP contribution in [0.15, 0.2) is 54.6 Å². The van der Waals surface area contributed by atoms with E-state index in [2.05, 4.69) is 5.32 Å². The van der Waals surface area contributed by atoms with Crippen molar-refractivity contribution in [3.05, 3.63) is 65.7 Å². The van der Waals surface area contributed by atoms with Crippen LogP contribution in [0.5, 0.6) is 0 Å². The maximum atomic E-state index is 13.1.